The first kappa shape index (κ1) is 16.7. The number of rotatable bonds is 4. The Hall–Kier alpha value is -0.620. The lowest BCUT2D eigenvalue weighted by Crippen LogP contribution is -2.38. The van der Waals surface area contributed by atoms with Gasteiger partial charge in [0.1, 0.15) is 0 Å². The molecule has 2 N–H and O–H groups in total. The zero-order valence-electron chi connectivity index (χ0n) is 12.8. The molecule has 6 heteroatoms. The van der Waals surface area contributed by atoms with E-state index in [1.165, 1.54) is 0 Å². The molecule has 0 amide bonds. The van der Waals surface area contributed by atoms with Gasteiger partial charge in [0.05, 0.1) is 4.90 Å². The van der Waals surface area contributed by atoms with Gasteiger partial charge >= 0.3 is 0 Å². The van der Waals surface area contributed by atoms with Gasteiger partial charge in [-0.3, -0.25) is 0 Å². The largest absolute Gasteiger partial charge is 0.326 e. The first-order chi connectivity index (χ1) is 9.78. The van der Waals surface area contributed by atoms with Crippen LogP contribution in [0.15, 0.2) is 17.0 Å². The van der Waals surface area contributed by atoms with Gasteiger partial charge in [0.15, 0.2) is 0 Å². The fourth-order valence-electron chi connectivity index (χ4n) is 3.04. The molecule has 1 fully saturated rings. The third-order valence-electron chi connectivity index (χ3n) is 4.26. The standard InChI is InChI=1S/C15H23ClN2O2S/c1-10(2)14-5-4-6-18(14)21(19,20)15-8-13(16)7-12(9-17)11(15)3/h7-8,10,14H,4-6,9,17H2,1-3H3. The van der Waals surface area contributed by atoms with Crippen LogP contribution in [0.1, 0.15) is 37.8 Å². The molecule has 1 aromatic rings. The number of nitrogens with two attached hydrogens (primary N) is 1. The molecule has 0 saturated carbocycles. The highest BCUT2D eigenvalue weighted by Gasteiger charge is 2.37. The summed E-state index contributed by atoms with van der Waals surface area (Å²) < 4.78 is 27.7. The topological polar surface area (TPSA) is 63.4 Å². The summed E-state index contributed by atoms with van der Waals surface area (Å²) in [6.45, 7) is 6.78. The highest BCUT2D eigenvalue weighted by atomic mass is 35.5. The SMILES string of the molecule is Cc1c(CN)cc(Cl)cc1S(=O)(=O)N1CCCC1C(C)C. The van der Waals surface area contributed by atoms with E-state index in [1.807, 2.05) is 0 Å². The molecule has 0 radical (unpaired) electrons. The number of halogens is 1. The van der Waals surface area contributed by atoms with Crippen LogP contribution in [0.5, 0.6) is 0 Å². The van der Waals surface area contributed by atoms with Gasteiger partial charge in [0, 0.05) is 24.2 Å². The molecule has 1 heterocycles. The maximum Gasteiger partial charge on any atom is 0.243 e. The summed E-state index contributed by atoms with van der Waals surface area (Å²) in [4.78, 5) is 0.294. The monoisotopic (exact) mass is 330 g/mol. The second-order valence-electron chi connectivity index (χ2n) is 5.96. The van der Waals surface area contributed by atoms with Crippen molar-refractivity contribution in [2.45, 2.75) is 51.1 Å². The maximum atomic E-state index is 13.0. The van der Waals surface area contributed by atoms with E-state index in [-0.39, 0.29) is 12.6 Å². The average Bonchev–Trinajstić information content (AvgIpc) is 2.91. The van der Waals surface area contributed by atoms with E-state index >= 15 is 0 Å². The third-order valence-corrected chi connectivity index (χ3v) is 6.53. The van der Waals surface area contributed by atoms with Gasteiger partial charge in [0.25, 0.3) is 0 Å². The number of hydrogen-bond donors (Lipinski definition) is 1. The number of hydrogen-bond acceptors (Lipinski definition) is 3. The highest BCUT2D eigenvalue weighted by molar-refractivity contribution is 7.89. The summed E-state index contributed by atoms with van der Waals surface area (Å²) in [6, 6.07) is 3.34. The molecular formula is C15H23ClN2O2S. The van der Waals surface area contributed by atoms with E-state index in [2.05, 4.69) is 13.8 Å². The van der Waals surface area contributed by atoms with E-state index in [9.17, 15) is 8.42 Å². The minimum atomic E-state index is -3.53. The van der Waals surface area contributed by atoms with Gasteiger partial charge < -0.3 is 5.73 Å². The van der Waals surface area contributed by atoms with Gasteiger partial charge in [-0.25, -0.2) is 8.42 Å². The molecule has 1 aliphatic heterocycles. The molecule has 1 atom stereocenters. The first-order valence-electron chi connectivity index (χ1n) is 7.30. The zero-order valence-corrected chi connectivity index (χ0v) is 14.3. The van der Waals surface area contributed by atoms with Crippen molar-refractivity contribution in [2.75, 3.05) is 6.54 Å². The number of nitrogens with zero attached hydrogens (tertiary/aromatic N) is 1. The van der Waals surface area contributed by atoms with Gasteiger partial charge in [0.2, 0.25) is 10.0 Å². The van der Waals surface area contributed by atoms with Crippen LogP contribution >= 0.6 is 11.6 Å². The summed E-state index contributed by atoms with van der Waals surface area (Å²) in [5.41, 5.74) is 7.18. The third kappa shape index (κ3) is 3.11. The second kappa shape index (κ2) is 6.24. The highest BCUT2D eigenvalue weighted by Crippen LogP contribution is 2.33. The van der Waals surface area contributed by atoms with Crippen molar-refractivity contribution >= 4 is 21.6 Å². The van der Waals surface area contributed by atoms with Crippen molar-refractivity contribution in [1.82, 2.24) is 4.31 Å². The average molecular weight is 331 g/mol. The summed E-state index contributed by atoms with van der Waals surface area (Å²) in [5, 5.41) is 0.417. The fraction of sp³-hybridized carbons (Fsp3) is 0.600. The van der Waals surface area contributed by atoms with Crippen molar-refractivity contribution in [3.63, 3.8) is 0 Å². The molecule has 0 spiro atoms. The predicted molar refractivity (Wildman–Crippen MR) is 85.8 cm³/mol. The van der Waals surface area contributed by atoms with E-state index in [1.54, 1.807) is 23.4 Å². The van der Waals surface area contributed by atoms with E-state index in [0.29, 0.717) is 27.9 Å². The lowest BCUT2D eigenvalue weighted by atomic mass is 10.0. The molecule has 1 aromatic carbocycles. The maximum absolute atomic E-state index is 13.0. The van der Waals surface area contributed by atoms with Crippen LogP contribution in [0.2, 0.25) is 5.02 Å². The smallest absolute Gasteiger partial charge is 0.243 e. The lowest BCUT2D eigenvalue weighted by molar-refractivity contribution is 0.315. The van der Waals surface area contributed by atoms with Crippen molar-refractivity contribution in [3.05, 3.63) is 28.3 Å². The molecule has 2 rings (SSSR count). The van der Waals surface area contributed by atoms with Gasteiger partial charge in [-0.2, -0.15) is 4.31 Å². The van der Waals surface area contributed by atoms with Gasteiger partial charge in [-0.1, -0.05) is 25.4 Å². The van der Waals surface area contributed by atoms with E-state index < -0.39 is 10.0 Å². The van der Waals surface area contributed by atoms with Crippen molar-refractivity contribution in [1.29, 1.82) is 0 Å². The Morgan fingerprint density at radius 1 is 1.43 bits per heavy atom. The first-order valence-corrected chi connectivity index (χ1v) is 9.11. The Labute approximate surface area is 132 Å². The summed E-state index contributed by atoms with van der Waals surface area (Å²) in [6.07, 6.45) is 1.83. The Morgan fingerprint density at radius 3 is 2.67 bits per heavy atom. The second-order valence-corrected chi connectivity index (χ2v) is 8.26. The molecule has 4 nitrogen and oxygen atoms in total. The molecule has 0 aromatic heterocycles. The van der Waals surface area contributed by atoms with Crippen LogP contribution in [-0.2, 0) is 16.6 Å². The van der Waals surface area contributed by atoms with Crippen molar-refractivity contribution in [2.24, 2.45) is 11.7 Å². The fourth-order valence-corrected chi connectivity index (χ4v) is 5.47. The molecule has 1 unspecified atom stereocenters. The van der Waals surface area contributed by atoms with Gasteiger partial charge in [-0.15, -0.1) is 0 Å². The predicted octanol–water partition coefficient (Wildman–Crippen LogP) is 2.92. The summed E-state index contributed by atoms with van der Waals surface area (Å²) in [7, 11) is -3.53. The van der Waals surface area contributed by atoms with E-state index in [0.717, 1.165) is 18.4 Å². The van der Waals surface area contributed by atoms with E-state index in [4.69, 9.17) is 17.3 Å². The minimum Gasteiger partial charge on any atom is -0.326 e. The zero-order chi connectivity index (χ0) is 15.8. The number of benzene rings is 1. The Bertz CT molecular complexity index is 629. The Kier molecular flexibility index (Phi) is 4.98. The molecular weight excluding hydrogens is 308 g/mol. The van der Waals surface area contributed by atoms with Crippen LogP contribution < -0.4 is 5.73 Å². The van der Waals surface area contributed by atoms with Crippen LogP contribution in [0.3, 0.4) is 0 Å². The molecule has 1 saturated heterocycles. The normalized spacial score (nSPS) is 20.4. The summed E-state index contributed by atoms with van der Waals surface area (Å²) in [5.74, 6) is 0.302. The van der Waals surface area contributed by atoms with Crippen LogP contribution in [0.25, 0.3) is 0 Å². The lowest BCUT2D eigenvalue weighted by Gasteiger charge is -2.28. The van der Waals surface area contributed by atoms with Crippen LogP contribution in [-0.4, -0.2) is 25.3 Å². The summed E-state index contributed by atoms with van der Waals surface area (Å²) >= 11 is 6.07. The van der Waals surface area contributed by atoms with Crippen LogP contribution in [0.4, 0.5) is 0 Å². The molecule has 0 aliphatic carbocycles. The quantitative estimate of drug-likeness (QED) is 0.923. The van der Waals surface area contributed by atoms with Crippen molar-refractivity contribution in [3.8, 4) is 0 Å². The molecule has 1 aliphatic rings. The minimum absolute atomic E-state index is 0.0645. The molecule has 21 heavy (non-hydrogen) atoms. The van der Waals surface area contributed by atoms with Gasteiger partial charge in [-0.05, 0) is 48.9 Å². The molecule has 0 bridgehead atoms. The van der Waals surface area contributed by atoms with Crippen molar-refractivity contribution < 1.29 is 8.42 Å². The Morgan fingerprint density at radius 2 is 2.10 bits per heavy atom. The number of sulfonamides is 1. The molecule has 118 valence electrons. The Balaban J connectivity index is 2.52. The van der Waals surface area contributed by atoms with Crippen LogP contribution in [0, 0.1) is 12.8 Å².